The lowest BCUT2D eigenvalue weighted by atomic mass is 9.93. The van der Waals surface area contributed by atoms with Crippen LogP contribution in [0, 0.1) is 0 Å². The molecular weight excluding hydrogens is 534 g/mol. The van der Waals surface area contributed by atoms with Gasteiger partial charge in [0.1, 0.15) is 7.14 Å². The molecule has 0 fully saturated rings. The van der Waals surface area contributed by atoms with Gasteiger partial charge in [0.05, 0.1) is 0 Å². The first-order valence-corrected chi connectivity index (χ1v) is 11.2. The van der Waals surface area contributed by atoms with Crippen LogP contribution in [-0.4, -0.2) is 42.0 Å². The molecule has 1 nitrogen and oxygen atoms in total. The Kier molecular flexibility index (Phi) is 7.46. The van der Waals surface area contributed by atoms with Crippen LogP contribution in [0.5, 0.6) is 0 Å². The Balaban J connectivity index is 2.49. The van der Waals surface area contributed by atoms with Crippen molar-refractivity contribution in [3.05, 3.63) is 60.7 Å². The van der Waals surface area contributed by atoms with Gasteiger partial charge >= 0.3 is 35.8 Å². The van der Waals surface area contributed by atoms with Gasteiger partial charge in [0.15, 0.2) is 0 Å². The van der Waals surface area contributed by atoms with E-state index in [4.69, 9.17) is 0 Å². The van der Waals surface area contributed by atoms with Crippen molar-refractivity contribution in [2.45, 2.75) is 42.2 Å². The maximum Gasteiger partial charge on any atom is 0.460 e. The Labute approximate surface area is 189 Å². The number of hydrogen-bond donors (Lipinski definition) is 0. The summed E-state index contributed by atoms with van der Waals surface area (Å²) < 4.78 is 187. The fraction of sp³-hybridized carbons (Fsp3) is 0.400. The number of benzene rings is 2. The van der Waals surface area contributed by atoms with Crippen LogP contribution in [0.2, 0.25) is 0 Å². The Hall–Kier alpha value is -2.24. The molecule has 15 heteroatoms. The molecule has 2 aromatic rings. The van der Waals surface area contributed by atoms with E-state index < -0.39 is 55.5 Å². The third kappa shape index (κ3) is 4.65. The van der Waals surface area contributed by atoms with Crippen molar-refractivity contribution >= 4 is 17.8 Å². The third-order valence-electron chi connectivity index (χ3n) is 5.09. The summed E-state index contributed by atoms with van der Waals surface area (Å²) in [5.41, 5.74) is 0. The van der Waals surface area contributed by atoms with Gasteiger partial charge in [0.25, 0.3) is 0 Å². The average Bonchev–Trinajstić information content (AvgIpc) is 2.77. The summed E-state index contributed by atoms with van der Waals surface area (Å²) in [6.07, 6.45) is -11.5. The zero-order chi connectivity index (χ0) is 27.1. The smallest absolute Gasteiger partial charge is 0.314 e. The topological polar surface area (TPSA) is 17.1 Å². The van der Waals surface area contributed by atoms with Crippen molar-refractivity contribution < 1.29 is 61.6 Å². The molecule has 35 heavy (non-hydrogen) atoms. The molecule has 0 heterocycles. The summed E-state index contributed by atoms with van der Waals surface area (Å²) in [6.45, 7) is 0. The summed E-state index contributed by atoms with van der Waals surface area (Å²) in [7, 11) is -4.32. The second kappa shape index (κ2) is 9.01. The van der Waals surface area contributed by atoms with Crippen molar-refractivity contribution in [3.63, 3.8) is 0 Å². The molecule has 2 aromatic carbocycles. The van der Waals surface area contributed by atoms with Crippen molar-refractivity contribution in [2.24, 2.45) is 0 Å². The van der Waals surface area contributed by atoms with E-state index in [1.807, 2.05) is 0 Å². The SMILES string of the molecule is O=P(CCC(F)(F)C(F)(F)C(F)(F)C(F)(F)C(F)(F)C(F)(F)F)(c1ccccc1)c1ccccc1. The normalized spacial score (nSPS) is 14.8. The number of rotatable bonds is 9. The molecule has 2 rings (SSSR count). The number of hydrogen-bond acceptors (Lipinski definition) is 1. The molecule has 0 bridgehead atoms. The summed E-state index contributed by atoms with van der Waals surface area (Å²) in [5, 5.41) is -0.433. The molecule has 0 saturated heterocycles. The molecule has 0 aliphatic heterocycles. The predicted octanol–water partition coefficient (Wildman–Crippen LogP) is 7.13. The average molecular weight is 548 g/mol. The molecule has 0 aromatic heterocycles. The molecule has 0 aliphatic rings. The van der Waals surface area contributed by atoms with E-state index in [0.29, 0.717) is 0 Å². The van der Waals surface area contributed by atoms with Crippen molar-refractivity contribution in [1.29, 1.82) is 0 Å². The maximum atomic E-state index is 14.3. The zero-order valence-electron chi connectivity index (χ0n) is 17.0. The Morgan fingerprint density at radius 2 is 0.857 bits per heavy atom. The molecule has 0 aliphatic carbocycles. The minimum atomic E-state index is -7.96. The molecule has 196 valence electrons. The summed E-state index contributed by atoms with van der Waals surface area (Å²) in [6, 6.07) is 12.4. The van der Waals surface area contributed by atoms with E-state index in [1.165, 1.54) is 36.4 Å². The highest BCUT2D eigenvalue weighted by Crippen LogP contribution is 2.61. The van der Waals surface area contributed by atoms with Gasteiger partial charge in [-0.05, 0) is 0 Å². The van der Waals surface area contributed by atoms with E-state index in [1.54, 1.807) is 0 Å². The first-order valence-electron chi connectivity index (χ1n) is 9.33. The Morgan fingerprint density at radius 1 is 0.514 bits per heavy atom. The molecule has 0 amide bonds. The van der Waals surface area contributed by atoms with Gasteiger partial charge in [-0.1, -0.05) is 60.7 Å². The van der Waals surface area contributed by atoms with Gasteiger partial charge < -0.3 is 4.57 Å². The monoisotopic (exact) mass is 548 g/mol. The largest absolute Gasteiger partial charge is 0.460 e. The van der Waals surface area contributed by atoms with Crippen LogP contribution in [-0.2, 0) is 4.57 Å². The zero-order valence-corrected chi connectivity index (χ0v) is 17.9. The first kappa shape index (κ1) is 29.0. The minimum Gasteiger partial charge on any atom is -0.314 e. The molecular formula is C20H14F13OP. The fourth-order valence-corrected chi connectivity index (χ4v) is 5.72. The lowest BCUT2D eigenvalue weighted by Crippen LogP contribution is -2.70. The van der Waals surface area contributed by atoms with Crippen LogP contribution < -0.4 is 10.6 Å². The van der Waals surface area contributed by atoms with Crippen molar-refractivity contribution in [3.8, 4) is 0 Å². The van der Waals surface area contributed by atoms with Crippen molar-refractivity contribution in [1.82, 2.24) is 0 Å². The van der Waals surface area contributed by atoms with E-state index >= 15 is 0 Å². The van der Waals surface area contributed by atoms with E-state index in [2.05, 4.69) is 0 Å². The first-order chi connectivity index (χ1) is 15.7. The minimum absolute atomic E-state index is 0.217. The molecule has 0 spiro atoms. The summed E-state index contributed by atoms with van der Waals surface area (Å²) >= 11 is 0. The van der Waals surface area contributed by atoms with Gasteiger partial charge in [-0.25, -0.2) is 0 Å². The van der Waals surface area contributed by atoms with Gasteiger partial charge in [-0.15, -0.1) is 0 Å². The van der Waals surface area contributed by atoms with Gasteiger partial charge in [0.2, 0.25) is 0 Å². The summed E-state index contributed by atoms with van der Waals surface area (Å²) in [4.78, 5) is 0. The third-order valence-corrected chi connectivity index (χ3v) is 8.20. The van der Waals surface area contributed by atoms with Crippen LogP contribution in [0.25, 0.3) is 0 Å². The standard InChI is InChI=1S/C20H14F13OP/c21-15(22,16(23,24)17(25,26)18(27,28)19(29,30)20(31,32)33)11-12-35(34,13-7-3-1-4-8-13)14-9-5-2-6-10-14/h1-10H,11-12H2. The van der Waals surface area contributed by atoms with E-state index in [0.717, 1.165) is 24.3 Å². The Bertz CT molecular complexity index is 1010. The second-order valence-electron chi connectivity index (χ2n) is 7.38. The van der Waals surface area contributed by atoms with Gasteiger partial charge in [0, 0.05) is 23.2 Å². The highest BCUT2D eigenvalue weighted by Gasteiger charge is 2.90. The van der Waals surface area contributed by atoms with Crippen LogP contribution in [0.3, 0.4) is 0 Å². The highest BCUT2D eigenvalue weighted by atomic mass is 31.2. The molecule has 0 N–H and O–H groups in total. The molecule has 0 unspecified atom stereocenters. The fourth-order valence-electron chi connectivity index (χ4n) is 3.00. The Morgan fingerprint density at radius 3 is 1.20 bits per heavy atom. The number of alkyl halides is 13. The van der Waals surface area contributed by atoms with Crippen LogP contribution >= 0.6 is 7.14 Å². The van der Waals surface area contributed by atoms with Crippen LogP contribution in [0.4, 0.5) is 57.1 Å². The maximum absolute atomic E-state index is 14.3. The molecule has 0 atom stereocenters. The second-order valence-corrected chi connectivity index (χ2v) is 10.3. The predicted molar refractivity (Wildman–Crippen MR) is 100 cm³/mol. The van der Waals surface area contributed by atoms with E-state index in [9.17, 15) is 61.6 Å². The lowest BCUT2D eigenvalue weighted by molar-refractivity contribution is -0.439. The van der Waals surface area contributed by atoms with Crippen LogP contribution in [0.1, 0.15) is 6.42 Å². The molecule has 0 saturated carbocycles. The van der Waals surface area contributed by atoms with E-state index in [-0.39, 0.29) is 10.6 Å². The molecule has 0 radical (unpaired) electrons. The van der Waals surface area contributed by atoms with Crippen molar-refractivity contribution in [2.75, 3.05) is 6.16 Å². The van der Waals surface area contributed by atoms with Gasteiger partial charge in [-0.2, -0.15) is 57.1 Å². The summed E-state index contributed by atoms with van der Waals surface area (Å²) in [5.74, 6) is -37.3. The highest BCUT2D eigenvalue weighted by molar-refractivity contribution is 7.78. The number of halogens is 13. The van der Waals surface area contributed by atoms with Crippen LogP contribution in [0.15, 0.2) is 60.7 Å². The quantitative estimate of drug-likeness (QED) is 0.241. The van der Waals surface area contributed by atoms with Gasteiger partial charge in [-0.3, -0.25) is 0 Å². The lowest BCUT2D eigenvalue weighted by Gasteiger charge is -2.40.